The summed E-state index contributed by atoms with van der Waals surface area (Å²) in [6, 6.07) is 5.83. The van der Waals surface area contributed by atoms with E-state index < -0.39 is 0 Å². The third-order valence-corrected chi connectivity index (χ3v) is 4.85. The standard InChI is InChI=1S/C17H26FN3/c1-20-10-12-21(13-11-20)9-3-8-19-17-7-6-14-15(17)4-2-5-16(14)18/h2,4-5,17,19H,3,6-13H2,1H3. The summed E-state index contributed by atoms with van der Waals surface area (Å²) in [4.78, 5) is 4.93. The van der Waals surface area contributed by atoms with Crippen molar-refractivity contribution in [3.05, 3.63) is 35.1 Å². The molecule has 0 bridgehead atoms. The van der Waals surface area contributed by atoms with Crippen molar-refractivity contribution in [3.8, 4) is 0 Å². The maximum Gasteiger partial charge on any atom is 0.126 e. The Kier molecular flexibility index (Phi) is 4.88. The maximum absolute atomic E-state index is 13.7. The van der Waals surface area contributed by atoms with Crippen molar-refractivity contribution in [2.24, 2.45) is 0 Å². The van der Waals surface area contributed by atoms with E-state index in [1.165, 1.54) is 44.7 Å². The molecule has 3 rings (SSSR count). The molecule has 0 spiro atoms. The second-order valence-electron chi connectivity index (χ2n) is 6.35. The first kappa shape index (κ1) is 14.9. The van der Waals surface area contributed by atoms with E-state index in [0.29, 0.717) is 6.04 Å². The first-order valence-electron chi connectivity index (χ1n) is 8.15. The summed E-state index contributed by atoms with van der Waals surface area (Å²) in [5.41, 5.74) is 2.10. The van der Waals surface area contributed by atoms with Crippen LogP contribution in [0.2, 0.25) is 0 Å². The number of hydrogen-bond acceptors (Lipinski definition) is 3. The van der Waals surface area contributed by atoms with Gasteiger partial charge in [0, 0.05) is 32.2 Å². The molecule has 21 heavy (non-hydrogen) atoms. The van der Waals surface area contributed by atoms with Gasteiger partial charge in [0.15, 0.2) is 0 Å². The van der Waals surface area contributed by atoms with Gasteiger partial charge in [-0.1, -0.05) is 12.1 Å². The molecule has 1 heterocycles. The van der Waals surface area contributed by atoms with Gasteiger partial charge in [0.2, 0.25) is 0 Å². The van der Waals surface area contributed by atoms with Crippen LogP contribution in [0.3, 0.4) is 0 Å². The van der Waals surface area contributed by atoms with Crippen LogP contribution in [-0.4, -0.2) is 56.1 Å². The molecule has 1 fully saturated rings. The Morgan fingerprint density at radius 3 is 2.86 bits per heavy atom. The molecule has 1 N–H and O–H groups in total. The SMILES string of the molecule is CN1CCN(CCCNC2CCc3c(F)cccc32)CC1. The van der Waals surface area contributed by atoms with E-state index in [0.717, 1.165) is 24.9 Å². The Bertz CT molecular complexity index is 469. The van der Waals surface area contributed by atoms with E-state index in [-0.39, 0.29) is 5.82 Å². The smallest absolute Gasteiger partial charge is 0.126 e. The zero-order valence-corrected chi connectivity index (χ0v) is 12.9. The molecule has 1 aromatic carbocycles. The molecule has 1 aliphatic carbocycles. The van der Waals surface area contributed by atoms with Crippen LogP contribution in [0, 0.1) is 5.82 Å². The molecule has 1 unspecified atom stereocenters. The summed E-state index contributed by atoms with van der Waals surface area (Å²) >= 11 is 0. The molecule has 2 aliphatic rings. The third-order valence-electron chi connectivity index (χ3n) is 4.85. The van der Waals surface area contributed by atoms with Crippen molar-refractivity contribution in [2.45, 2.75) is 25.3 Å². The molecular formula is C17H26FN3. The van der Waals surface area contributed by atoms with Gasteiger partial charge in [0.05, 0.1) is 0 Å². The first-order chi connectivity index (χ1) is 10.2. The number of piperazine rings is 1. The van der Waals surface area contributed by atoms with Gasteiger partial charge in [0.1, 0.15) is 5.82 Å². The van der Waals surface area contributed by atoms with Crippen molar-refractivity contribution < 1.29 is 4.39 Å². The average Bonchev–Trinajstić information content (AvgIpc) is 2.90. The van der Waals surface area contributed by atoms with E-state index in [4.69, 9.17) is 0 Å². The van der Waals surface area contributed by atoms with Crippen LogP contribution in [0.5, 0.6) is 0 Å². The van der Waals surface area contributed by atoms with Gasteiger partial charge in [-0.05, 0) is 56.6 Å². The Balaban J connectivity index is 1.40. The lowest BCUT2D eigenvalue weighted by Crippen LogP contribution is -2.45. The maximum atomic E-state index is 13.7. The number of halogens is 1. The Morgan fingerprint density at radius 2 is 2.05 bits per heavy atom. The Morgan fingerprint density at radius 1 is 1.24 bits per heavy atom. The summed E-state index contributed by atoms with van der Waals surface area (Å²) in [6.45, 7) is 6.93. The van der Waals surface area contributed by atoms with Gasteiger partial charge >= 0.3 is 0 Å². The summed E-state index contributed by atoms with van der Waals surface area (Å²) in [5, 5.41) is 3.61. The van der Waals surface area contributed by atoms with Crippen molar-refractivity contribution in [1.29, 1.82) is 0 Å². The predicted octanol–water partition coefficient (Wildman–Crippen LogP) is 2.04. The van der Waals surface area contributed by atoms with Crippen LogP contribution in [0.4, 0.5) is 4.39 Å². The van der Waals surface area contributed by atoms with E-state index in [1.54, 1.807) is 6.07 Å². The number of hydrogen-bond donors (Lipinski definition) is 1. The van der Waals surface area contributed by atoms with Crippen LogP contribution >= 0.6 is 0 Å². The molecule has 1 atom stereocenters. The molecule has 1 aliphatic heterocycles. The van der Waals surface area contributed by atoms with Crippen LogP contribution in [0.1, 0.15) is 30.0 Å². The monoisotopic (exact) mass is 291 g/mol. The fourth-order valence-electron chi connectivity index (χ4n) is 3.47. The van der Waals surface area contributed by atoms with Crippen molar-refractivity contribution in [3.63, 3.8) is 0 Å². The summed E-state index contributed by atoms with van der Waals surface area (Å²) in [7, 11) is 2.19. The van der Waals surface area contributed by atoms with Gasteiger partial charge in [0.25, 0.3) is 0 Å². The zero-order chi connectivity index (χ0) is 14.7. The molecule has 0 amide bonds. The molecule has 116 valence electrons. The second kappa shape index (κ2) is 6.86. The van der Waals surface area contributed by atoms with Gasteiger partial charge in [-0.25, -0.2) is 4.39 Å². The van der Waals surface area contributed by atoms with Crippen molar-refractivity contribution in [2.75, 3.05) is 46.3 Å². The van der Waals surface area contributed by atoms with E-state index in [1.807, 2.05) is 6.07 Å². The van der Waals surface area contributed by atoms with Gasteiger partial charge < -0.3 is 15.1 Å². The number of nitrogens with zero attached hydrogens (tertiary/aromatic N) is 2. The lowest BCUT2D eigenvalue weighted by molar-refractivity contribution is 0.152. The average molecular weight is 291 g/mol. The van der Waals surface area contributed by atoms with E-state index in [2.05, 4.69) is 28.2 Å². The Hall–Kier alpha value is -0.970. The number of benzene rings is 1. The predicted molar refractivity (Wildman–Crippen MR) is 84.0 cm³/mol. The highest BCUT2D eigenvalue weighted by atomic mass is 19.1. The lowest BCUT2D eigenvalue weighted by atomic mass is 10.1. The van der Waals surface area contributed by atoms with Crippen LogP contribution in [0.25, 0.3) is 0 Å². The third kappa shape index (κ3) is 3.62. The molecule has 1 aromatic rings. The molecule has 0 radical (unpaired) electrons. The second-order valence-corrected chi connectivity index (χ2v) is 6.35. The first-order valence-corrected chi connectivity index (χ1v) is 8.15. The van der Waals surface area contributed by atoms with Gasteiger partial charge in [-0.15, -0.1) is 0 Å². The highest BCUT2D eigenvalue weighted by Gasteiger charge is 2.24. The molecule has 4 heteroatoms. The summed E-state index contributed by atoms with van der Waals surface area (Å²) in [6.07, 6.45) is 3.08. The van der Waals surface area contributed by atoms with E-state index in [9.17, 15) is 4.39 Å². The molecule has 0 saturated carbocycles. The minimum absolute atomic E-state index is 0.0331. The van der Waals surface area contributed by atoms with Crippen LogP contribution in [0.15, 0.2) is 18.2 Å². The highest BCUT2D eigenvalue weighted by molar-refractivity contribution is 5.35. The largest absolute Gasteiger partial charge is 0.310 e. The topological polar surface area (TPSA) is 18.5 Å². The summed E-state index contributed by atoms with van der Waals surface area (Å²) in [5.74, 6) is -0.0331. The molecule has 0 aromatic heterocycles. The van der Waals surface area contributed by atoms with Gasteiger partial charge in [-0.3, -0.25) is 0 Å². The minimum atomic E-state index is -0.0331. The highest BCUT2D eigenvalue weighted by Crippen LogP contribution is 2.32. The van der Waals surface area contributed by atoms with Crippen LogP contribution < -0.4 is 5.32 Å². The fourth-order valence-corrected chi connectivity index (χ4v) is 3.47. The van der Waals surface area contributed by atoms with Crippen LogP contribution in [-0.2, 0) is 6.42 Å². The molecular weight excluding hydrogens is 265 g/mol. The quantitative estimate of drug-likeness (QED) is 0.838. The normalized spacial score (nSPS) is 23.4. The Labute approximate surface area is 127 Å². The zero-order valence-electron chi connectivity index (χ0n) is 12.9. The van der Waals surface area contributed by atoms with E-state index >= 15 is 0 Å². The van der Waals surface area contributed by atoms with Crippen molar-refractivity contribution in [1.82, 2.24) is 15.1 Å². The number of fused-ring (bicyclic) bond motifs is 1. The number of rotatable bonds is 5. The molecule has 3 nitrogen and oxygen atoms in total. The van der Waals surface area contributed by atoms with Gasteiger partial charge in [-0.2, -0.15) is 0 Å². The number of likely N-dealkylation sites (N-methyl/N-ethyl adjacent to an activating group) is 1. The molecule has 1 saturated heterocycles. The van der Waals surface area contributed by atoms with Crippen molar-refractivity contribution >= 4 is 0 Å². The minimum Gasteiger partial charge on any atom is -0.310 e. The summed E-state index contributed by atoms with van der Waals surface area (Å²) < 4.78 is 13.7. The fraction of sp³-hybridized carbons (Fsp3) is 0.647. The number of nitrogens with one attached hydrogen (secondary N) is 1. The lowest BCUT2D eigenvalue weighted by Gasteiger charge is -2.32.